The molecule has 2 saturated carbocycles. The highest BCUT2D eigenvalue weighted by Crippen LogP contribution is 2.43. The number of rotatable bonds is 10. The second-order valence-corrected chi connectivity index (χ2v) is 22.0. The Hall–Kier alpha value is -4.48. The second-order valence-electron chi connectivity index (χ2n) is 15.2. The highest BCUT2D eigenvalue weighted by atomic mass is 35.5. The summed E-state index contributed by atoms with van der Waals surface area (Å²) in [6, 6.07) is 22.9. The molecule has 0 heterocycles. The molecule has 3 aromatic rings. The molecule has 2 fully saturated rings. The Balaban J connectivity index is 0.000000270. The molecular weight excluding hydrogens is 819 g/mol. The molecule has 0 saturated heterocycles. The minimum atomic E-state index is -1.08. The van der Waals surface area contributed by atoms with Crippen molar-refractivity contribution in [3.05, 3.63) is 135 Å². The molecule has 0 aromatic heterocycles. The van der Waals surface area contributed by atoms with Gasteiger partial charge in [0.2, 0.25) is 0 Å². The zero-order chi connectivity index (χ0) is 43.6. The fourth-order valence-electron chi connectivity index (χ4n) is 6.44. The number of halogens is 3. The molecule has 9 nitrogen and oxygen atoms in total. The number of carbonyl (C=O) groups is 5. The smallest absolute Gasteiger partial charge is 0.330 e. The molecule has 312 valence electrons. The maximum Gasteiger partial charge on any atom is 0.330 e. The van der Waals surface area contributed by atoms with E-state index in [-0.39, 0.29) is 47.9 Å². The van der Waals surface area contributed by atoms with E-state index < -0.39 is 20.0 Å². The lowest BCUT2D eigenvalue weighted by Crippen LogP contribution is -2.21. The Morgan fingerprint density at radius 2 is 1.24 bits per heavy atom. The van der Waals surface area contributed by atoms with E-state index in [4.69, 9.17) is 49.4 Å². The molecule has 0 bridgehead atoms. The molecular formula is C45H53Cl3O9Si. The third-order valence-corrected chi connectivity index (χ3v) is 11.4. The monoisotopic (exact) mass is 870 g/mol. The highest BCUT2D eigenvalue weighted by molar-refractivity contribution is 6.76. The number of carboxylic acid groups (broad SMARTS) is 1. The van der Waals surface area contributed by atoms with E-state index in [0.29, 0.717) is 28.1 Å². The van der Waals surface area contributed by atoms with Gasteiger partial charge in [0, 0.05) is 60.8 Å². The summed E-state index contributed by atoms with van der Waals surface area (Å²) in [6.07, 6.45) is 5.06. The summed E-state index contributed by atoms with van der Waals surface area (Å²) in [5, 5.41) is 11.0. The topological polar surface area (TPSA) is 133 Å². The van der Waals surface area contributed by atoms with Crippen molar-refractivity contribution in [3.8, 4) is 0 Å². The van der Waals surface area contributed by atoms with Crippen LogP contribution in [0.5, 0.6) is 0 Å². The van der Waals surface area contributed by atoms with Gasteiger partial charge in [-0.1, -0.05) is 110 Å². The first kappa shape index (κ1) is 49.7. The van der Waals surface area contributed by atoms with E-state index >= 15 is 0 Å². The summed E-state index contributed by atoms with van der Waals surface area (Å²) in [7, 11) is 1.69. The summed E-state index contributed by atoms with van der Waals surface area (Å²) in [6.45, 7) is 16.5. The average molecular weight is 872 g/mol. The zero-order valence-electron chi connectivity index (χ0n) is 33.9. The van der Waals surface area contributed by atoms with Crippen molar-refractivity contribution >= 4 is 78.6 Å². The van der Waals surface area contributed by atoms with Crippen molar-refractivity contribution in [2.75, 3.05) is 20.8 Å². The number of carboxylic acids is 1. The van der Waals surface area contributed by atoms with Crippen molar-refractivity contribution in [1.82, 2.24) is 0 Å². The number of benzene rings is 3. The summed E-state index contributed by atoms with van der Waals surface area (Å²) < 4.78 is 14.1. The molecule has 58 heavy (non-hydrogen) atoms. The van der Waals surface area contributed by atoms with E-state index in [9.17, 15) is 24.0 Å². The Morgan fingerprint density at radius 3 is 1.67 bits per heavy atom. The van der Waals surface area contributed by atoms with Crippen LogP contribution in [0.3, 0.4) is 0 Å². The largest absolute Gasteiger partial charge is 0.481 e. The first-order valence-corrected chi connectivity index (χ1v) is 23.4. The minimum absolute atomic E-state index is 0.0207. The first-order chi connectivity index (χ1) is 27.2. The van der Waals surface area contributed by atoms with Crippen LogP contribution in [0.1, 0.15) is 61.1 Å². The van der Waals surface area contributed by atoms with Crippen LogP contribution in [0.2, 0.25) is 40.8 Å². The maximum absolute atomic E-state index is 11.7. The van der Waals surface area contributed by atoms with Gasteiger partial charge in [0.05, 0.1) is 26.1 Å². The molecule has 1 N–H and O–H groups in total. The van der Waals surface area contributed by atoms with E-state index in [1.165, 1.54) is 27.2 Å². The number of allylic oxidation sites excluding steroid dienone is 1. The van der Waals surface area contributed by atoms with Gasteiger partial charge in [0.15, 0.2) is 0 Å². The van der Waals surface area contributed by atoms with Gasteiger partial charge in [0.1, 0.15) is 12.4 Å². The average Bonchev–Trinajstić information content (AvgIpc) is 3.76. The Morgan fingerprint density at radius 1 is 0.759 bits per heavy atom. The van der Waals surface area contributed by atoms with Gasteiger partial charge in [0.25, 0.3) is 0 Å². The minimum Gasteiger partial charge on any atom is -0.481 e. The quantitative estimate of drug-likeness (QED) is 0.0695. The Bertz CT molecular complexity index is 1900. The molecule has 2 aliphatic rings. The maximum atomic E-state index is 11.7. The van der Waals surface area contributed by atoms with Crippen LogP contribution < -0.4 is 0 Å². The van der Waals surface area contributed by atoms with E-state index in [1.807, 2.05) is 36.4 Å². The molecule has 2 aliphatic carbocycles. The summed E-state index contributed by atoms with van der Waals surface area (Å²) in [5.41, 5.74) is 5.06. The van der Waals surface area contributed by atoms with Gasteiger partial charge in [-0.3, -0.25) is 19.2 Å². The number of methoxy groups -OCH3 is 2. The third-order valence-electron chi connectivity index (χ3n) is 9.04. The normalized spacial score (nSPS) is 18.4. The fraction of sp³-hybridized carbons (Fsp3) is 0.356. The predicted molar refractivity (Wildman–Crippen MR) is 234 cm³/mol. The lowest BCUT2D eigenvalue weighted by molar-refractivity contribution is -0.145. The number of aliphatic carboxylic acids is 1. The van der Waals surface area contributed by atoms with Crippen molar-refractivity contribution in [1.29, 1.82) is 0 Å². The van der Waals surface area contributed by atoms with E-state index in [1.54, 1.807) is 42.5 Å². The number of ether oxygens (including phenoxy) is 3. The number of esters is 3. The Kier molecular flexibility index (Phi) is 20.9. The van der Waals surface area contributed by atoms with Gasteiger partial charge in [-0.25, -0.2) is 4.79 Å². The Labute approximate surface area is 358 Å². The van der Waals surface area contributed by atoms with Crippen LogP contribution in [-0.2, 0) is 38.2 Å². The van der Waals surface area contributed by atoms with Crippen LogP contribution in [0, 0.1) is 11.8 Å². The zero-order valence-corrected chi connectivity index (χ0v) is 37.2. The molecule has 0 spiro atoms. The fourth-order valence-corrected chi connectivity index (χ4v) is 8.42. The van der Waals surface area contributed by atoms with Gasteiger partial charge in [-0.15, -0.1) is 0 Å². The van der Waals surface area contributed by atoms with E-state index in [2.05, 4.69) is 37.5 Å². The molecule has 0 amide bonds. The summed E-state index contributed by atoms with van der Waals surface area (Å²) >= 11 is 17.3. The summed E-state index contributed by atoms with van der Waals surface area (Å²) in [5.74, 6) is -2.35. The molecule has 13 heteroatoms. The number of carbonyl (C=O) groups excluding carboxylic acids is 4. The van der Waals surface area contributed by atoms with Crippen molar-refractivity contribution < 1.29 is 43.3 Å². The van der Waals surface area contributed by atoms with E-state index in [0.717, 1.165) is 46.7 Å². The van der Waals surface area contributed by atoms with Crippen LogP contribution in [0.15, 0.2) is 103 Å². The summed E-state index contributed by atoms with van der Waals surface area (Å²) in [4.78, 5) is 55.2. The lowest BCUT2D eigenvalue weighted by atomic mass is 9.89. The highest BCUT2D eigenvalue weighted by Gasteiger charge is 2.39. The molecule has 3 aromatic carbocycles. The van der Waals surface area contributed by atoms with Gasteiger partial charge < -0.3 is 19.3 Å². The van der Waals surface area contributed by atoms with Crippen LogP contribution >= 0.6 is 34.8 Å². The van der Waals surface area contributed by atoms with Crippen LogP contribution in [-0.4, -0.2) is 63.7 Å². The molecule has 0 radical (unpaired) electrons. The van der Waals surface area contributed by atoms with Crippen LogP contribution in [0.25, 0.3) is 6.08 Å². The third kappa shape index (κ3) is 18.4. The number of hydrogen-bond acceptors (Lipinski definition) is 8. The second kappa shape index (κ2) is 24.4. The molecule has 4 atom stereocenters. The van der Waals surface area contributed by atoms with Crippen molar-refractivity contribution in [2.45, 2.75) is 70.1 Å². The lowest BCUT2D eigenvalue weighted by Gasteiger charge is -2.17. The van der Waals surface area contributed by atoms with Crippen LogP contribution in [0.4, 0.5) is 0 Å². The van der Waals surface area contributed by atoms with Gasteiger partial charge >= 0.3 is 23.9 Å². The number of hydrogen-bond donors (Lipinski definition) is 1. The SMILES string of the molecule is C=C(COC(C)=O)C[Si](C)(C)C.C=C1C[C@H](C(=O)OC)[C@@H](c2ccc(Cl)cc2)C1.COC(=O)/C=C/c1ccc(Cl)cc1.O=C1C[C@H](C(=O)O)[C@@H](c2ccc(Cl)cc2)C1. The van der Waals surface area contributed by atoms with Crippen molar-refractivity contribution in [3.63, 3.8) is 0 Å². The first-order valence-electron chi connectivity index (χ1n) is 18.5. The van der Waals surface area contributed by atoms with Crippen molar-refractivity contribution in [2.24, 2.45) is 11.8 Å². The number of Topliss-reactive ketones (excluding diaryl/α,β-unsaturated/α-hetero) is 1. The predicted octanol–water partition coefficient (Wildman–Crippen LogP) is 11.0. The van der Waals surface area contributed by atoms with Gasteiger partial charge in [-0.2, -0.15) is 0 Å². The molecule has 5 rings (SSSR count). The molecule has 0 unspecified atom stereocenters. The van der Waals surface area contributed by atoms with Gasteiger partial charge in [-0.05, 0) is 83.6 Å². The standard InChI is InChI=1S/C14H15ClO2.C12H11ClO3.C10H9ClO2.C9H18O2Si/c1-9-7-12(13(8-9)14(16)17-2)10-3-5-11(15)6-4-10;13-8-3-1-7(2-4-8)10-5-9(14)6-11(10)12(15)16;1-13-10(12)7-4-8-2-5-9(11)6-3-8;1-8(6-11-9(2)10)7-12(3,4)5/h3-6,12-13H,1,7-8H2,2H3;1-4,10-11H,5-6H2,(H,15,16);2-7H,1H3;1,6-7H2,2-5H3/b;;7-4+;/t12-,13+;10-,11+;;/m11../s1. The number of ketones is 1. The molecule has 0 aliphatic heterocycles.